The number of carbonyl (C=O) groups excluding carboxylic acids is 1. The van der Waals surface area contributed by atoms with E-state index in [1.807, 2.05) is 12.1 Å². The van der Waals surface area contributed by atoms with Crippen molar-refractivity contribution in [3.05, 3.63) is 34.3 Å². The average Bonchev–Trinajstić information content (AvgIpc) is 3.13. The number of hydrogen-bond acceptors (Lipinski definition) is 2. The second kappa shape index (κ2) is 7.12. The smallest absolute Gasteiger partial charge is 0.223 e. The standard InChI is InChI=1S/C16H21BrN2O.ClH/c17-12-5-1-3-10(7-12)13-8-14(13)16(20)19-15-6-2-4-11(15)9-18;/h1,3,5,7,11,13-15H,2,4,6,8-9,18H2,(H,19,20);1H. The van der Waals surface area contributed by atoms with Gasteiger partial charge in [0.2, 0.25) is 5.91 Å². The Kier molecular flexibility index (Phi) is 5.69. The third kappa shape index (κ3) is 3.79. The SMILES string of the molecule is Cl.NCC1CCCC1NC(=O)C1CC1c1cccc(Br)c1. The summed E-state index contributed by atoms with van der Waals surface area (Å²) in [5.41, 5.74) is 7.04. The first-order chi connectivity index (χ1) is 9.69. The monoisotopic (exact) mass is 372 g/mol. The minimum absolute atomic E-state index is 0. The molecule has 0 radical (unpaired) electrons. The summed E-state index contributed by atoms with van der Waals surface area (Å²) >= 11 is 3.49. The zero-order valence-electron chi connectivity index (χ0n) is 11.9. The molecule has 2 aliphatic carbocycles. The van der Waals surface area contributed by atoms with Crippen molar-refractivity contribution in [1.82, 2.24) is 5.32 Å². The Balaban J connectivity index is 0.00000161. The fourth-order valence-corrected chi connectivity index (χ4v) is 3.81. The summed E-state index contributed by atoms with van der Waals surface area (Å²) in [4.78, 5) is 12.3. The number of halogens is 2. The van der Waals surface area contributed by atoms with Gasteiger partial charge in [-0.25, -0.2) is 0 Å². The molecule has 0 spiro atoms. The van der Waals surface area contributed by atoms with Crippen molar-refractivity contribution in [1.29, 1.82) is 0 Å². The topological polar surface area (TPSA) is 55.1 Å². The van der Waals surface area contributed by atoms with Gasteiger partial charge >= 0.3 is 0 Å². The van der Waals surface area contributed by atoms with E-state index in [2.05, 4.69) is 33.4 Å². The summed E-state index contributed by atoms with van der Waals surface area (Å²) in [6.07, 6.45) is 4.40. The molecule has 3 rings (SSSR count). The average molecular weight is 374 g/mol. The van der Waals surface area contributed by atoms with Gasteiger partial charge in [0, 0.05) is 16.4 Å². The zero-order chi connectivity index (χ0) is 14.1. The van der Waals surface area contributed by atoms with Crippen molar-refractivity contribution in [3.63, 3.8) is 0 Å². The Labute approximate surface area is 140 Å². The van der Waals surface area contributed by atoms with Gasteiger partial charge < -0.3 is 11.1 Å². The Morgan fingerprint density at radius 2 is 2.19 bits per heavy atom. The van der Waals surface area contributed by atoms with E-state index in [0.29, 0.717) is 24.4 Å². The van der Waals surface area contributed by atoms with Crippen LogP contribution in [-0.4, -0.2) is 18.5 Å². The summed E-state index contributed by atoms with van der Waals surface area (Å²) in [5.74, 6) is 1.25. The van der Waals surface area contributed by atoms with E-state index in [1.165, 1.54) is 12.0 Å². The van der Waals surface area contributed by atoms with Gasteiger partial charge in [-0.2, -0.15) is 0 Å². The predicted octanol–water partition coefficient (Wildman–Crippen LogP) is 3.22. The molecule has 2 fully saturated rings. The van der Waals surface area contributed by atoms with Crippen LogP contribution < -0.4 is 11.1 Å². The largest absolute Gasteiger partial charge is 0.353 e. The van der Waals surface area contributed by atoms with Crippen LogP contribution in [0.4, 0.5) is 0 Å². The lowest BCUT2D eigenvalue weighted by Gasteiger charge is -2.19. The molecule has 2 saturated carbocycles. The van der Waals surface area contributed by atoms with Crippen LogP contribution >= 0.6 is 28.3 Å². The minimum atomic E-state index is 0. The molecular weight excluding hydrogens is 352 g/mol. The highest BCUT2D eigenvalue weighted by Gasteiger charge is 2.45. The lowest BCUT2D eigenvalue weighted by Crippen LogP contribution is -2.40. The van der Waals surface area contributed by atoms with Gasteiger partial charge in [0.05, 0.1) is 0 Å². The molecule has 0 aliphatic heterocycles. The van der Waals surface area contributed by atoms with Crippen LogP contribution in [-0.2, 0) is 4.79 Å². The molecule has 21 heavy (non-hydrogen) atoms. The fraction of sp³-hybridized carbons (Fsp3) is 0.562. The molecule has 4 atom stereocenters. The van der Waals surface area contributed by atoms with Gasteiger partial charge in [-0.3, -0.25) is 4.79 Å². The van der Waals surface area contributed by atoms with Crippen molar-refractivity contribution < 1.29 is 4.79 Å². The third-order valence-corrected chi connectivity index (χ3v) is 5.19. The molecule has 116 valence electrons. The lowest BCUT2D eigenvalue weighted by atomic mass is 10.0. The number of nitrogens with one attached hydrogen (secondary N) is 1. The number of benzene rings is 1. The molecular formula is C16H22BrClN2O. The van der Waals surface area contributed by atoms with Crippen LogP contribution in [0.25, 0.3) is 0 Å². The summed E-state index contributed by atoms with van der Waals surface area (Å²) in [5, 5.41) is 3.23. The van der Waals surface area contributed by atoms with Gasteiger partial charge in [-0.05, 0) is 55.3 Å². The van der Waals surface area contributed by atoms with Crippen LogP contribution in [0.2, 0.25) is 0 Å². The minimum Gasteiger partial charge on any atom is -0.353 e. The molecule has 5 heteroatoms. The summed E-state index contributed by atoms with van der Waals surface area (Å²) in [6, 6.07) is 8.59. The van der Waals surface area contributed by atoms with Gasteiger partial charge in [-0.15, -0.1) is 12.4 Å². The second-order valence-electron chi connectivity index (χ2n) is 6.05. The van der Waals surface area contributed by atoms with Crippen LogP contribution in [0.15, 0.2) is 28.7 Å². The maximum absolute atomic E-state index is 12.3. The molecule has 3 N–H and O–H groups in total. The molecule has 1 aromatic carbocycles. The summed E-state index contributed by atoms with van der Waals surface area (Å²) in [7, 11) is 0. The molecule has 0 saturated heterocycles. The van der Waals surface area contributed by atoms with Gasteiger partial charge in [0.15, 0.2) is 0 Å². The Hall–Kier alpha value is -0.580. The van der Waals surface area contributed by atoms with E-state index >= 15 is 0 Å². The van der Waals surface area contributed by atoms with E-state index in [9.17, 15) is 4.79 Å². The maximum atomic E-state index is 12.3. The van der Waals surface area contributed by atoms with E-state index in [0.717, 1.165) is 23.7 Å². The molecule has 0 aromatic heterocycles. The highest BCUT2D eigenvalue weighted by Crippen LogP contribution is 2.48. The molecule has 0 heterocycles. The number of rotatable bonds is 4. The van der Waals surface area contributed by atoms with Crippen molar-refractivity contribution in [3.8, 4) is 0 Å². The van der Waals surface area contributed by atoms with E-state index in [4.69, 9.17) is 5.73 Å². The fourth-order valence-electron chi connectivity index (χ4n) is 3.39. The predicted molar refractivity (Wildman–Crippen MR) is 90.6 cm³/mol. The number of hydrogen-bond donors (Lipinski definition) is 2. The first-order valence-corrected chi connectivity index (χ1v) is 8.24. The highest BCUT2D eigenvalue weighted by atomic mass is 79.9. The molecule has 0 bridgehead atoms. The molecule has 3 nitrogen and oxygen atoms in total. The Bertz CT molecular complexity index is 511. The second-order valence-corrected chi connectivity index (χ2v) is 6.96. The van der Waals surface area contributed by atoms with Crippen molar-refractivity contribution in [2.24, 2.45) is 17.6 Å². The quantitative estimate of drug-likeness (QED) is 0.851. The summed E-state index contributed by atoms with van der Waals surface area (Å²) in [6.45, 7) is 0.685. The zero-order valence-corrected chi connectivity index (χ0v) is 14.3. The van der Waals surface area contributed by atoms with E-state index in [1.54, 1.807) is 0 Å². The van der Waals surface area contributed by atoms with Gasteiger partial charge in [0.1, 0.15) is 0 Å². The molecule has 1 aromatic rings. The van der Waals surface area contributed by atoms with Gasteiger partial charge in [0.25, 0.3) is 0 Å². The lowest BCUT2D eigenvalue weighted by molar-refractivity contribution is -0.123. The van der Waals surface area contributed by atoms with Crippen molar-refractivity contribution in [2.75, 3.05) is 6.54 Å². The Morgan fingerprint density at radius 1 is 1.38 bits per heavy atom. The molecule has 4 unspecified atom stereocenters. The van der Waals surface area contributed by atoms with Crippen molar-refractivity contribution in [2.45, 2.75) is 37.6 Å². The maximum Gasteiger partial charge on any atom is 0.223 e. The molecule has 2 aliphatic rings. The normalized spacial score (nSPS) is 30.6. The van der Waals surface area contributed by atoms with Crippen molar-refractivity contribution >= 4 is 34.2 Å². The summed E-state index contributed by atoms with van der Waals surface area (Å²) < 4.78 is 1.08. The number of amides is 1. The first kappa shape index (κ1) is 16.8. The Morgan fingerprint density at radius 3 is 2.90 bits per heavy atom. The number of nitrogens with two attached hydrogens (primary N) is 1. The van der Waals surface area contributed by atoms with Crippen LogP contribution in [0.5, 0.6) is 0 Å². The van der Waals surface area contributed by atoms with Gasteiger partial charge in [-0.1, -0.05) is 34.5 Å². The molecule has 1 amide bonds. The van der Waals surface area contributed by atoms with Crippen LogP contribution in [0, 0.1) is 11.8 Å². The third-order valence-electron chi connectivity index (χ3n) is 4.69. The van der Waals surface area contributed by atoms with Crippen LogP contribution in [0.1, 0.15) is 37.2 Å². The highest BCUT2D eigenvalue weighted by molar-refractivity contribution is 9.10. The first-order valence-electron chi connectivity index (χ1n) is 7.45. The number of carbonyl (C=O) groups is 1. The van der Waals surface area contributed by atoms with E-state index in [-0.39, 0.29) is 24.2 Å². The van der Waals surface area contributed by atoms with E-state index < -0.39 is 0 Å². The van der Waals surface area contributed by atoms with Crippen LogP contribution in [0.3, 0.4) is 0 Å².